The number of halogens is 1. The van der Waals surface area contributed by atoms with Gasteiger partial charge in [-0.05, 0) is 69.2 Å². The third-order valence-electron chi connectivity index (χ3n) is 3.26. The SMILES string of the molecule is CCSCCC(CNC(C)(C)C)Cc1ccccc1F. The Morgan fingerprint density at radius 2 is 1.95 bits per heavy atom. The van der Waals surface area contributed by atoms with Crippen molar-refractivity contribution in [2.45, 2.75) is 46.1 Å². The van der Waals surface area contributed by atoms with Crippen molar-refractivity contribution in [1.82, 2.24) is 5.32 Å². The van der Waals surface area contributed by atoms with Crippen LogP contribution in [0.25, 0.3) is 0 Å². The molecule has 0 radical (unpaired) electrons. The maximum atomic E-state index is 13.8. The first-order valence-electron chi connectivity index (χ1n) is 7.48. The van der Waals surface area contributed by atoms with Crippen molar-refractivity contribution in [3.63, 3.8) is 0 Å². The lowest BCUT2D eigenvalue weighted by atomic mass is 9.95. The van der Waals surface area contributed by atoms with Crippen LogP contribution in [-0.2, 0) is 6.42 Å². The Kier molecular flexibility index (Phi) is 7.60. The van der Waals surface area contributed by atoms with E-state index >= 15 is 0 Å². The Balaban J connectivity index is 2.59. The van der Waals surface area contributed by atoms with Gasteiger partial charge in [-0.1, -0.05) is 25.1 Å². The fourth-order valence-corrected chi connectivity index (χ4v) is 2.88. The van der Waals surface area contributed by atoms with E-state index in [-0.39, 0.29) is 11.4 Å². The van der Waals surface area contributed by atoms with Gasteiger partial charge in [0.2, 0.25) is 0 Å². The molecule has 1 nitrogen and oxygen atoms in total. The average molecular weight is 297 g/mol. The summed E-state index contributed by atoms with van der Waals surface area (Å²) >= 11 is 1.96. The molecule has 1 unspecified atom stereocenters. The Labute approximate surface area is 127 Å². The molecule has 0 aromatic heterocycles. The van der Waals surface area contributed by atoms with Gasteiger partial charge in [0.25, 0.3) is 0 Å². The number of nitrogens with one attached hydrogen (secondary N) is 1. The number of rotatable bonds is 8. The highest BCUT2D eigenvalue weighted by molar-refractivity contribution is 7.99. The molecule has 1 rings (SSSR count). The molecule has 0 saturated carbocycles. The van der Waals surface area contributed by atoms with Crippen LogP contribution in [0.4, 0.5) is 4.39 Å². The van der Waals surface area contributed by atoms with E-state index in [0.717, 1.165) is 36.5 Å². The molecule has 0 spiro atoms. The van der Waals surface area contributed by atoms with Crippen molar-refractivity contribution >= 4 is 11.8 Å². The maximum Gasteiger partial charge on any atom is 0.126 e. The van der Waals surface area contributed by atoms with Crippen LogP contribution in [0.3, 0.4) is 0 Å². The lowest BCUT2D eigenvalue weighted by molar-refractivity contribution is 0.362. The normalized spacial score (nSPS) is 13.4. The van der Waals surface area contributed by atoms with Crippen molar-refractivity contribution in [3.8, 4) is 0 Å². The summed E-state index contributed by atoms with van der Waals surface area (Å²) in [5, 5.41) is 3.56. The molecule has 0 heterocycles. The fraction of sp³-hybridized carbons (Fsp3) is 0.647. The Hall–Kier alpha value is -0.540. The van der Waals surface area contributed by atoms with Gasteiger partial charge in [0.15, 0.2) is 0 Å². The third kappa shape index (κ3) is 7.30. The summed E-state index contributed by atoms with van der Waals surface area (Å²) in [6, 6.07) is 7.15. The van der Waals surface area contributed by atoms with Crippen molar-refractivity contribution in [2.75, 3.05) is 18.1 Å². The lowest BCUT2D eigenvalue weighted by Gasteiger charge is -2.25. The quantitative estimate of drug-likeness (QED) is 0.708. The molecule has 114 valence electrons. The molecule has 1 atom stereocenters. The van der Waals surface area contributed by atoms with E-state index in [1.165, 1.54) is 0 Å². The second kappa shape index (κ2) is 8.68. The molecule has 0 amide bonds. The van der Waals surface area contributed by atoms with Gasteiger partial charge in [0, 0.05) is 5.54 Å². The van der Waals surface area contributed by atoms with E-state index in [9.17, 15) is 4.39 Å². The van der Waals surface area contributed by atoms with Crippen LogP contribution >= 0.6 is 11.8 Å². The molecule has 1 N–H and O–H groups in total. The van der Waals surface area contributed by atoms with E-state index in [2.05, 4.69) is 33.0 Å². The van der Waals surface area contributed by atoms with Gasteiger partial charge < -0.3 is 5.32 Å². The zero-order chi connectivity index (χ0) is 15.0. The van der Waals surface area contributed by atoms with Gasteiger partial charge in [-0.15, -0.1) is 0 Å². The predicted molar refractivity (Wildman–Crippen MR) is 89.0 cm³/mol. The van der Waals surface area contributed by atoms with Crippen molar-refractivity contribution < 1.29 is 4.39 Å². The number of benzene rings is 1. The summed E-state index contributed by atoms with van der Waals surface area (Å²) < 4.78 is 13.8. The van der Waals surface area contributed by atoms with E-state index in [1.54, 1.807) is 12.1 Å². The molecule has 0 aliphatic carbocycles. The summed E-state index contributed by atoms with van der Waals surface area (Å²) in [4.78, 5) is 0. The Bertz CT molecular complexity index is 387. The largest absolute Gasteiger partial charge is 0.312 e. The van der Waals surface area contributed by atoms with Gasteiger partial charge in [-0.2, -0.15) is 11.8 Å². The second-order valence-electron chi connectivity index (χ2n) is 6.28. The van der Waals surface area contributed by atoms with Crippen molar-refractivity contribution in [2.24, 2.45) is 5.92 Å². The lowest BCUT2D eigenvalue weighted by Crippen LogP contribution is -2.39. The first-order chi connectivity index (χ1) is 9.42. The minimum Gasteiger partial charge on any atom is -0.312 e. The Morgan fingerprint density at radius 3 is 2.55 bits per heavy atom. The summed E-state index contributed by atoms with van der Waals surface area (Å²) in [6.07, 6.45) is 1.95. The monoisotopic (exact) mass is 297 g/mol. The van der Waals surface area contributed by atoms with Crippen LogP contribution < -0.4 is 5.32 Å². The Morgan fingerprint density at radius 1 is 1.25 bits per heavy atom. The summed E-state index contributed by atoms with van der Waals surface area (Å²) in [5.74, 6) is 2.72. The average Bonchev–Trinajstić information content (AvgIpc) is 2.37. The molecule has 20 heavy (non-hydrogen) atoms. The van der Waals surface area contributed by atoms with Gasteiger partial charge >= 0.3 is 0 Å². The highest BCUT2D eigenvalue weighted by Gasteiger charge is 2.16. The molecule has 0 aliphatic heterocycles. The fourth-order valence-electron chi connectivity index (χ4n) is 2.10. The van der Waals surface area contributed by atoms with Gasteiger partial charge in [-0.25, -0.2) is 4.39 Å². The molecule has 1 aromatic rings. The van der Waals surface area contributed by atoms with Crippen molar-refractivity contribution in [3.05, 3.63) is 35.6 Å². The predicted octanol–water partition coefficient (Wildman–Crippen LogP) is 4.52. The zero-order valence-corrected chi connectivity index (χ0v) is 14.0. The first-order valence-corrected chi connectivity index (χ1v) is 8.64. The minimum atomic E-state index is -0.0728. The van der Waals surface area contributed by atoms with Gasteiger partial charge in [-0.3, -0.25) is 0 Å². The molecular weight excluding hydrogens is 269 g/mol. The molecule has 0 fully saturated rings. The number of hydrogen-bond donors (Lipinski definition) is 1. The smallest absolute Gasteiger partial charge is 0.126 e. The van der Waals surface area contributed by atoms with Crippen LogP contribution in [-0.4, -0.2) is 23.6 Å². The standard InChI is InChI=1S/C17H28FNS/c1-5-20-11-10-14(13-19-17(2,3)4)12-15-8-6-7-9-16(15)18/h6-9,14,19H,5,10-13H2,1-4H3. The van der Waals surface area contributed by atoms with E-state index in [0.29, 0.717) is 5.92 Å². The highest BCUT2D eigenvalue weighted by atomic mass is 32.2. The summed E-state index contributed by atoms with van der Waals surface area (Å²) in [7, 11) is 0. The molecule has 0 bridgehead atoms. The van der Waals surface area contributed by atoms with Gasteiger partial charge in [0.1, 0.15) is 5.82 Å². The number of thioether (sulfide) groups is 1. The van der Waals surface area contributed by atoms with E-state index in [4.69, 9.17) is 0 Å². The second-order valence-corrected chi connectivity index (χ2v) is 7.67. The topological polar surface area (TPSA) is 12.0 Å². The summed E-state index contributed by atoms with van der Waals surface area (Å²) in [5.41, 5.74) is 0.959. The minimum absolute atomic E-state index is 0.0728. The van der Waals surface area contributed by atoms with Gasteiger partial charge in [0.05, 0.1) is 0 Å². The third-order valence-corrected chi connectivity index (χ3v) is 4.19. The highest BCUT2D eigenvalue weighted by Crippen LogP contribution is 2.18. The zero-order valence-electron chi connectivity index (χ0n) is 13.2. The first kappa shape index (κ1) is 17.5. The molecule has 1 aromatic carbocycles. The van der Waals surface area contributed by atoms with Crippen LogP contribution in [0, 0.1) is 11.7 Å². The number of hydrogen-bond acceptors (Lipinski definition) is 2. The molecule has 0 aliphatic rings. The molecule has 3 heteroatoms. The maximum absolute atomic E-state index is 13.8. The van der Waals surface area contributed by atoms with Crippen molar-refractivity contribution in [1.29, 1.82) is 0 Å². The van der Waals surface area contributed by atoms with E-state index < -0.39 is 0 Å². The summed E-state index contributed by atoms with van der Waals surface area (Å²) in [6.45, 7) is 9.65. The van der Waals surface area contributed by atoms with E-state index in [1.807, 2.05) is 23.9 Å². The van der Waals surface area contributed by atoms with Crippen LogP contribution in [0.2, 0.25) is 0 Å². The molecular formula is C17H28FNS. The molecule has 0 saturated heterocycles. The van der Waals surface area contributed by atoms with Crippen LogP contribution in [0.1, 0.15) is 39.7 Å². The van der Waals surface area contributed by atoms with Crippen LogP contribution in [0.15, 0.2) is 24.3 Å². The van der Waals surface area contributed by atoms with Crippen LogP contribution in [0.5, 0.6) is 0 Å².